The van der Waals surface area contributed by atoms with Crippen LogP contribution in [-0.4, -0.2) is 61.2 Å². The van der Waals surface area contributed by atoms with E-state index in [1.54, 1.807) is 4.90 Å². The molecule has 9 heteroatoms. The van der Waals surface area contributed by atoms with Gasteiger partial charge < -0.3 is 19.1 Å². The van der Waals surface area contributed by atoms with E-state index in [-0.39, 0.29) is 12.1 Å². The van der Waals surface area contributed by atoms with Crippen LogP contribution in [0.25, 0.3) is 0 Å². The molecule has 0 radical (unpaired) electrons. The fourth-order valence-corrected chi connectivity index (χ4v) is 5.23. The SMILES string of the molecule is CCOc1ccc(C2=NC(c3ccc(Cl)cc3)C(c3ccc(Cl)cc3)N2C(=O)N2CCOCC2)c(OCC)c1. The van der Waals surface area contributed by atoms with Crippen molar-refractivity contribution in [2.24, 2.45) is 4.99 Å². The van der Waals surface area contributed by atoms with Gasteiger partial charge in [-0.1, -0.05) is 47.5 Å². The molecular formula is C30H31Cl2N3O4. The summed E-state index contributed by atoms with van der Waals surface area (Å²) in [7, 11) is 0. The van der Waals surface area contributed by atoms with E-state index in [9.17, 15) is 4.79 Å². The van der Waals surface area contributed by atoms with E-state index in [2.05, 4.69) is 0 Å². The molecule has 0 aliphatic carbocycles. The molecule has 2 heterocycles. The molecule has 2 atom stereocenters. The number of urea groups is 1. The van der Waals surface area contributed by atoms with Gasteiger partial charge in [-0.15, -0.1) is 0 Å². The van der Waals surface area contributed by atoms with Crippen LogP contribution in [0, 0.1) is 0 Å². The molecule has 5 rings (SSSR count). The van der Waals surface area contributed by atoms with Crippen molar-refractivity contribution in [3.8, 4) is 11.5 Å². The molecule has 204 valence electrons. The molecule has 2 unspecified atom stereocenters. The molecule has 2 aliphatic heterocycles. The van der Waals surface area contributed by atoms with Crippen molar-refractivity contribution >= 4 is 35.1 Å². The van der Waals surface area contributed by atoms with Gasteiger partial charge >= 0.3 is 6.03 Å². The van der Waals surface area contributed by atoms with E-state index in [1.807, 2.05) is 85.5 Å². The summed E-state index contributed by atoms with van der Waals surface area (Å²) in [6, 6.07) is 19.9. The first kappa shape index (κ1) is 27.3. The Morgan fingerprint density at radius 2 is 1.51 bits per heavy atom. The van der Waals surface area contributed by atoms with Gasteiger partial charge in [0, 0.05) is 29.2 Å². The fraction of sp³-hybridized carbons (Fsp3) is 0.333. The Bertz CT molecular complexity index is 1330. The summed E-state index contributed by atoms with van der Waals surface area (Å²) in [4.78, 5) is 23.1. The summed E-state index contributed by atoms with van der Waals surface area (Å²) < 4.78 is 17.3. The van der Waals surface area contributed by atoms with Crippen LogP contribution >= 0.6 is 23.2 Å². The van der Waals surface area contributed by atoms with E-state index < -0.39 is 6.04 Å². The van der Waals surface area contributed by atoms with Gasteiger partial charge in [-0.05, 0) is 61.4 Å². The number of nitrogens with zero attached hydrogens (tertiary/aromatic N) is 3. The zero-order valence-electron chi connectivity index (χ0n) is 22.0. The van der Waals surface area contributed by atoms with Crippen LogP contribution in [0.3, 0.4) is 0 Å². The number of hydrogen-bond donors (Lipinski definition) is 0. The molecule has 0 N–H and O–H groups in total. The number of amidine groups is 1. The Hall–Kier alpha value is -3.26. The molecule has 0 spiro atoms. The van der Waals surface area contributed by atoms with Gasteiger partial charge in [-0.2, -0.15) is 0 Å². The first-order valence-corrected chi connectivity index (χ1v) is 13.9. The van der Waals surface area contributed by atoms with Crippen LogP contribution in [0.2, 0.25) is 10.0 Å². The first-order valence-electron chi connectivity index (χ1n) is 13.1. The molecule has 2 amide bonds. The zero-order chi connectivity index (χ0) is 27.4. The minimum absolute atomic E-state index is 0.134. The minimum atomic E-state index is -0.421. The third-order valence-electron chi connectivity index (χ3n) is 6.78. The first-order chi connectivity index (χ1) is 19.0. The second-order valence-corrected chi connectivity index (χ2v) is 10.1. The topological polar surface area (TPSA) is 63.6 Å². The lowest BCUT2D eigenvalue weighted by Gasteiger charge is -2.36. The van der Waals surface area contributed by atoms with Gasteiger partial charge in [0.2, 0.25) is 0 Å². The third-order valence-corrected chi connectivity index (χ3v) is 7.29. The summed E-state index contributed by atoms with van der Waals surface area (Å²) in [6.07, 6.45) is 0. The van der Waals surface area contributed by atoms with Crippen LogP contribution in [-0.2, 0) is 4.74 Å². The maximum absolute atomic E-state index is 14.3. The van der Waals surface area contributed by atoms with Crippen molar-refractivity contribution in [1.82, 2.24) is 9.80 Å². The average Bonchev–Trinajstić information content (AvgIpc) is 3.35. The average molecular weight is 569 g/mol. The summed E-state index contributed by atoms with van der Waals surface area (Å²) in [5.74, 6) is 1.84. The second-order valence-electron chi connectivity index (χ2n) is 9.22. The fourth-order valence-electron chi connectivity index (χ4n) is 4.98. The summed E-state index contributed by atoms with van der Waals surface area (Å²) in [6.45, 7) is 6.84. The molecule has 1 saturated heterocycles. The zero-order valence-corrected chi connectivity index (χ0v) is 23.5. The number of hydrogen-bond acceptors (Lipinski definition) is 5. The normalized spacial score (nSPS) is 19.1. The van der Waals surface area contributed by atoms with Crippen molar-refractivity contribution < 1.29 is 19.0 Å². The lowest BCUT2D eigenvalue weighted by molar-refractivity contribution is 0.0459. The Balaban J connectivity index is 1.69. The standard InChI is InChI=1S/C30H31Cl2N3O4/c1-3-38-24-13-14-25(26(19-24)39-4-2)29-33-27(20-5-9-22(31)10-6-20)28(21-7-11-23(32)12-8-21)35(29)30(36)34-15-17-37-18-16-34/h5-14,19,27-28H,3-4,15-18H2,1-2H3. The highest BCUT2D eigenvalue weighted by molar-refractivity contribution is 6.30. The predicted molar refractivity (Wildman–Crippen MR) is 153 cm³/mol. The maximum Gasteiger partial charge on any atom is 0.326 e. The molecule has 0 saturated carbocycles. The molecule has 39 heavy (non-hydrogen) atoms. The molecule has 1 fully saturated rings. The van der Waals surface area contributed by atoms with Crippen molar-refractivity contribution in [3.63, 3.8) is 0 Å². The predicted octanol–water partition coefficient (Wildman–Crippen LogP) is 6.79. The van der Waals surface area contributed by atoms with Crippen LogP contribution in [0.5, 0.6) is 11.5 Å². The van der Waals surface area contributed by atoms with Gasteiger partial charge in [0.1, 0.15) is 23.4 Å². The van der Waals surface area contributed by atoms with Crippen molar-refractivity contribution in [2.75, 3.05) is 39.5 Å². The third kappa shape index (κ3) is 5.86. The van der Waals surface area contributed by atoms with Crippen LogP contribution in [0.15, 0.2) is 71.7 Å². The lowest BCUT2D eigenvalue weighted by Crippen LogP contribution is -2.50. The molecule has 7 nitrogen and oxygen atoms in total. The molecule has 3 aromatic rings. The van der Waals surface area contributed by atoms with Gasteiger partial charge in [0.15, 0.2) is 0 Å². The number of rotatable bonds is 7. The highest BCUT2D eigenvalue weighted by Crippen LogP contribution is 2.45. The largest absolute Gasteiger partial charge is 0.494 e. The Morgan fingerprint density at radius 1 is 0.897 bits per heavy atom. The van der Waals surface area contributed by atoms with E-state index in [0.29, 0.717) is 66.9 Å². The summed E-state index contributed by atoms with van der Waals surface area (Å²) in [5, 5.41) is 1.26. The van der Waals surface area contributed by atoms with Gasteiger partial charge in [0.05, 0.1) is 38.0 Å². The number of benzene rings is 3. The van der Waals surface area contributed by atoms with Crippen LogP contribution in [0.1, 0.15) is 42.6 Å². The number of aliphatic imine (C=N–C) groups is 1. The molecule has 0 bridgehead atoms. The Kier molecular flexibility index (Phi) is 8.60. The smallest absolute Gasteiger partial charge is 0.326 e. The van der Waals surface area contributed by atoms with Gasteiger partial charge in [0.25, 0.3) is 0 Å². The van der Waals surface area contributed by atoms with Gasteiger partial charge in [-0.25, -0.2) is 4.79 Å². The highest BCUT2D eigenvalue weighted by Gasteiger charge is 2.44. The molecule has 2 aliphatic rings. The van der Waals surface area contributed by atoms with Crippen LogP contribution < -0.4 is 9.47 Å². The van der Waals surface area contributed by atoms with E-state index in [4.69, 9.17) is 42.4 Å². The number of carbonyl (C=O) groups is 1. The Labute approximate surface area is 238 Å². The van der Waals surface area contributed by atoms with Gasteiger partial charge in [-0.3, -0.25) is 9.89 Å². The van der Waals surface area contributed by atoms with E-state index in [0.717, 1.165) is 16.7 Å². The maximum atomic E-state index is 14.3. The second kappa shape index (κ2) is 12.3. The number of morpholine rings is 1. The number of halogens is 2. The lowest BCUT2D eigenvalue weighted by atomic mass is 9.93. The molecule has 0 aromatic heterocycles. The van der Waals surface area contributed by atoms with E-state index >= 15 is 0 Å². The minimum Gasteiger partial charge on any atom is -0.494 e. The number of ether oxygens (including phenoxy) is 3. The summed E-state index contributed by atoms with van der Waals surface area (Å²) in [5.41, 5.74) is 2.58. The quantitative estimate of drug-likeness (QED) is 0.315. The monoisotopic (exact) mass is 567 g/mol. The summed E-state index contributed by atoms with van der Waals surface area (Å²) >= 11 is 12.5. The molecule has 3 aromatic carbocycles. The number of amides is 2. The molecular weight excluding hydrogens is 537 g/mol. The van der Waals surface area contributed by atoms with Crippen molar-refractivity contribution in [3.05, 3.63) is 93.5 Å². The number of carbonyl (C=O) groups excluding carboxylic acids is 1. The van der Waals surface area contributed by atoms with Crippen LogP contribution in [0.4, 0.5) is 4.79 Å². The highest BCUT2D eigenvalue weighted by atomic mass is 35.5. The van der Waals surface area contributed by atoms with Crippen molar-refractivity contribution in [2.45, 2.75) is 25.9 Å². The van der Waals surface area contributed by atoms with E-state index in [1.165, 1.54) is 0 Å². The van der Waals surface area contributed by atoms with Crippen molar-refractivity contribution in [1.29, 1.82) is 0 Å². The Morgan fingerprint density at radius 3 is 2.13 bits per heavy atom.